The van der Waals surface area contributed by atoms with E-state index in [1.54, 1.807) is 12.0 Å². The van der Waals surface area contributed by atoms with Crippen molar-refractivity contribution in [1.29, 1.82) is 0 Å². The van der Waals surface area contributed by atoms with Crippen LogP contribution in [0.25, 0.3) is 0 Å². The number of hydrogen-bond acceptors (Lipinski definition) is 5. The molecule has 7 heteroatoms. The lowest BCUT2D eigenvalue weighted by Crippen LogP contribution is -2.55. The first-order valence-electron chi connectivity index (χ1n) is 8.29. The number of carbonyl (C=O) groups is 1. The number of rotatable bonds is 4. The zero-order chi connectivity index (χ0) is 18.6. The molecule has 0 aromatic heterocycles. The summed E-state index contributed by atoms with van der Waals surface area (Å²) in [6, 6.07) is 5.16. The van der Waals surface area contributed by atoms with Crippen LogP contribution < -0.4 is 4.74 Å². The number of aliphatic hydroxyl groups excluding tert-OH is 1. The molecule has 1 heterocycles. The molecule has 0 spiro atoms. The summed E-state index contributed by atoms with van der Waals surface area (Å²) in [7, 11) is 1.59. The Kier molecular flexibility index (Phi) is 6.71. The van der Waals surface area contributed by atoms with E-state index in [1.165, 1.54) is 0 Å². The predicted molar refractivity (Wildman–Crippen MR) is 98.0 cm³/mol. The van der Waals surface area contributed by atoms with Crippen LogP contribution in [0.2, 0.25) is 0 Å². The summed E-state index contributed by atoms with van der Waals surface area (Å²) in [5.74, 6) is 0.697. The van der Waals surface area contributed by atoms with Gasteiger partial charge in [0.1, 0.15) is 11.4 Å². The monoisotopic (exact) mass is 415 g/mol. The number of nitrogens with zero attached hydrogens (tertiary/aromatic N) is 1. The molecule has 1 aromatic rings. The van der Waals surface area contributed by atoms with Gasteiger partial charge in [-0.25, -0.2) is 4.79 Å². The molecule has 140 valence electrons. The van der Waals surface area contributed by atoms with Crippen molar-refractivity contribution in [3.05, 3.63) is 28.2 Å². The second-order valence-corrected chi connectivity index (χ2v) is 7.96. The summed E-state index contributed by atoms with van der Waals surface area (Å²) in [5.41, 5.74) is 0.275. The fourth-order valence-electron chi connectivity index (χ4n) is 2.76. The SMILES string of the molecule is COc1ccc(Br)cc1CC(O)C1COCCN1C(=O)OC(C)(C)C. The summed E-state index contributed by atoms with van der Waals surface area (Å²) in [6.07, 6.45) is -0.882. The molecule has 1 saturated heterocycles. The van der Waals surface area contributed by atoms with Crippen LogP contribution in [0.5, 0.6) is 5.75 Å². The van der Waals surface area contributed by atoms with Crippen LogP contribution in [0.15, 0.2) is 22.7 Å². The standard InChI is InChI=1S/C18H26BrNO5/c1-18(2,3)25-17(22)20-7-8-24-11-14(20)15(21)10-12-9-13(19)5-6-16(12)23-4/h5-6,9,14-15,21H,7-8,10-11H2,1-4H3. The predicted octanol–water partition coefficient (Wildman–Crippen LogP) is 3.00. The first-order chi connectivity index (χ1) is 11.7. The molecule has 2 rings (SSSR count). The topological polar surface area (TPSA) is 68.2 Å². The van der Waals surface area contributed by atoms with Crippen LogP contribution in [0.3, 0.4) is 0 Å². The fraction of sp³-hybridized carbons (Fsp3) is 0.611. The van der Waals surface area contributed by atoms with Gasteiger partial charge in [-0.3, -0.25) is 4.90 Å². The fourth-order valence-corrected chi connectivity index (χ4v) is 3.17. The maximum atomic E-state index is 12.5. The highest BCUT2D eigenvalue weighted by molar-refractivity contribution is 9.10. The maximum absolute atomic E-state index is 12.5. The summed E-state index contributed by atoms with van der Waals surface area (Å²) in [6.45, 7) is 6.57. The Hall–Kier alpha value is -1.31. The lowest BCUT2D eigenvalue weighted by Gasteiger charge is -2.39. The third-order valence-electron chi connectivity index (χ3n) is 3.91. The largest absolute Gasteiger partial charge is 0.496 e. The highest BCUT2D eigenvalue weighted by atomic mass is 79.9. The van der Waals surface area contributed by atoms with Gasteiger partial charge in [0, 0.05) is 17.4 Å². The van der Waals surface area contributed by atoms with Crippen LogP contribution >= 0.6 is 15.9 Å². The summed E-state index contributed by atoms with van der Waals surface area (Å²) < 4.78 is 17.2. The van der Waals surface area contributed by atoms with E-state index in [1.807, 2.05) is 39.0 Å². The van der Waals surface area contributed by atoms with Crippen molar-refractivity contribution in [2.24, 2.45) is 0 Å². The van der Waals surface area contributed by atoms with Gasteiger partial charge in [-0.1, -0.05) is 15.9 Å². The molecule has 0 aliphatic carbocycles. The van der Waals surface area contributed by atoms with Gasteiger partial charge >= 0.3 is 6.09 Å². The van der Waals surface area contributed by atoms with Gasteiger partial charge in [0.2, 0.25) is 0 Å². The van der Waals surface area contributed by atoms with Gasteiger partial charge in [-0.15, -0.1) is 0 Å². The Bertz CT molecular complexity index is 602. The number of morpholine rings is 1. The van der Waals surface area contributed by atoms with Gasteiger partial charge in [0.25, 0.3) is 0 Å². The normalized spacial score (nSPS) is 19.4. The minimum atomic E-state index is -0.795. The van der Waals surface area contributed by atoms with Crippen molar-refractivity contribution in [2.45, 2.75) is 44.9 Å². The lowest BCUT2D eigenvalue weighted by atomic mass is 10.00. The number of methoxy groups -OCH3 is 1. The van der Waals surface area contributed by atoms with Crippen molar-refractivity contribution < 1.29 is 24.1 Å². The zero-order valence-electron chi connectivity index (χ0n) is 15.1. The summed E-state index contributed by atoms with van der Waals surface area (Å²) >= 11 is 3.43. The van der Waals surface area contributed by atoms with Crippen LogP contribution in [-0.4, -0.2) is 60.7 Å². The number of ether oxygens (including phenoxy) is 3. The van der Waals surface area contributed by atoms with Crippen molar-refractivity contribution >= 4 is 22.0 Å². The Morgan fingerprint density at radius 1 is 1.48 bits per heavy atom. The molecule has 0 bridgehead atoms. The quantitative estimate of drug-likeness (QED) is 0.818. The van der Waals surface area contributed by atoms with E-state index in [9.17, 15) is 9.90 Å². The molecular formula is C18H26BrNO5. The second-order valence-electron chi connectivity index (χ2n) is 7.04. The molecule has 1 aliphatic heterocycles. The summed E-state index contributed by atoms with van der Waals surface area (Å²) in [4.78, 5) is 14.0. The first kappa shape index (κ1) is 20.0. The average Bonchev–Trinajstić information content (AvgIpc) is 2.53. The number of aliphatic hydroxyl groups is 1. The summed E-state index contributed by atoms with van der Waals surface area (Å²) in [5, 5.41) is 10.8. The molecule has 1 amide bonds. The highest BCUT2D eigenvalue weighted by Crippen LogP contribution is 2.26. The smallest absolute Gasteiger partial charge is 0.410 e. The van der Waals surface area contributed by atoms with E-state index in [0.29, 0.717) is 25.3 Å². The van der Waals surface area contributed by atoms with Gasteiger partial charge < -0.3 is 19.3 Å². The van der Waals surface area contributed by atoms with E-state index < -0.39 is 23.8 Å². The number of benzene rings is 1. The molecular weight excluding hydrogens is 390 g/mol. The van der Waals surface area contributed by atoms with Crippen molar-refractivity contribution in [3.8, 4) is 5.75 Å². The Morgan fingerprint density at radius 3 is 2.84 bits per heavy atom. The van der Waals surface area contributed by atoms with E-state index >= 15 is 0 Å². The van der Waals surface area contributed by atoms with Crippen molar-refractivity contribution in [2.75, 3.05) is 26.9 Å². The van der Waals surface area contributed by atoms with E-state index in [2.05, 4.69) is 15.9 Å². The molecule has 1 aromatic carbocycles. The molecule has 0 saturated carbocycles. The number of amides is 1. The molecule has 0 radical (unpaired) electrons. The molecule has 2 atom stereocenters. The second kappa shape index (κ2) is 8.38. The number of halogens is 1. The van der Waals surface area contributed by atoms with Gasteiger partial charge in [0.15, 0.2) is 0 Å². The molecule has 1 aliphatic rings. The third kappa shape index (κ3) is 5.59. The minimum absolute atomic E-state index is 0.275. The molecule has 6 nitrogen and oxygen atoms in total. The zero-order valence-corrected chi connectivity index (χ0v) is 16.7. The number of hydrogen-bond donors (Lipinski definition) is 1. The average molecular weight is 416 g/mol. The Balaban J connectivity index is 2.14. The van der Waals surface area contributed by atoms with Crippen LogP contribution in [0, 0.1) is 0 Å². The van der Waals surface area contributed by atoms with Gasteiger partial charge in [-0.05, 0) is 44.5 Å². The minimum Gasteiger partial charge on any atom is -0.496 e. The van der Waals surface area contributed by atoms with E-state index in [0.717, 1.165) is 10.0 Å². The first-order valence-corrected chi connectivity index (χ1v) is 9.08. The lowest BCUT2D eigenvalue weighted by molar-refractivity contribution is -0.0660. The van der Waals surface area contributed by atoms with Crippen molar-refractivity contribution in [3.63, 3.8) is 0 Å². The molecule has 1 N–H and O–H groups in total. The van der Waals surface area contributed by atoms with Gasteiger partial charge in [0.05, 0.1) is 32.5 Å². The van der Waals surface area contributed by atoms with Crippen LogP contribution in [0.1, 0.15) is 26.3 Å². The van der Waals surface area contributed by atoms with Crippen LogP contribution in [0.4, 0.5) is 4.79 Å². The molecule has 1 fully saturated rings. The number of carbonyl (C=O) groups excluding carboxylic acids is 1. The third-order valence-corrected chi connectivity index (χ3v) is 4.40. The van der Waals surface area contributed by atoms with E-state index in [-0.39, 0.29) is 6.61 Å². The maximum Gasteiger partial charge on any atom is 0.410 e. The Labute approximate surface area is 157 Å². The highest BCUT2D eigenvalue weighted by Gasteiger charge is 2.35. The molecule has 25 heavy (non-hydrogen) atoms. The van der Waals surface area contributed by atoms with E-state index in [4.69, 9.17) is 14.2 Å². The Morgan fingerprint density at radius 2 is 2.20 bits per heavy atom. The molecule has 2 unspecified atom stereocenters. The van der Waals surface area contributed by atoms with Crippen LogP contribution in [-0.2, 0) is 15.9 Å². The van der Waals surface area contributed by atoms with Gasteiger partial charge in [-0.2, -0.15) is 0 Å². The van der Waals surface area contributed by atoms with Crippen molar-refractivity contribution in [1.82, 2.24) is 4.90 Å².